The third-order valence-corrected chi connectivity index (χ3v) is 11.4. The Hall–Kier alpha value is -6.18. The molecule has 50 heavy (non-hydrogen) atoms. The van der Waals surface area contributed by atoms with Gasteiger partial charge in [0.25, 0.3) is 0 Å². The van der Waals surface area contributed by atoms with E-state index in [1.807, 2.05) is 12.1 Å². The van der Waals surface area contributed by atoms with Crippen LogP contribution in [0.5, 0.6) is 0 Å². The van der Waals surface area contributed by atoms with Crippen molar-refractivity contribution in [2.45, 2.75) is 19.3 Å². The maximum absolute atomic E-state index is 6.16. The van der Waals surface area contributed by atoms with Gasteiger partial charge in [0.1, 0.15) is 11.2 Å². The molecule has 0 fully saturated rings. The number of fused-ring (bicyclic) bond motifs is 11. The summed E-state index contributed by atoms with van der Waals surface area (Å²) in [6.07, 6.45) is 0. The van der Waals surface area contributed by atoms with Gasteiger partial charge in [-0.1, -0.05) is 129 Å². The SMILES string of the molecule is CC1(C)c2cc(-c3c4ccccc4cc4c3ccc3ccccc34)ccc2-c2cc3c(-c4ccc5oc6ccccc6c5c4)cccc3cc21. The molecule has 0 saturated carbocycles. The minimum absolute atomic E-state index is 0.146. The summed E-state index contributed by atoms with van der Waals surface area (Å²) < 4.78 is 6.16. The first-order chi connectivity index (χ1) is 24.5. The number of furan rings is 1. The second-order valence-corrected chi connectivity index (χ2v) is 14.5. The molecule has 1 nitrogen and oxygen atoms in total. The van der Waals surface area contributed by atoms with Crippen LogP contribution < -0.4 is 0 Å². The van der Waals surface area contributed by atoms with Crippen LogP contribution in [-0.4, -0.2) is 0 Å². The van der Waals surface area contributed by atoms with Crippen molar-refractivity contribution in [1.29, 1.82) is 0 Å². The first-order valence-corrected chi connectivity index (χ1v) is 17.5. The van der Waals surface area contributed by atoms with Crippen LogP contribution in [0.2, 0.25) is 0 Å². The molecule has 1 heteroatoms. The zero-order valence-corrected chi connectivity index (χ0v) is 27.9. The number of hydrogen-bond donors (Lipinski definition) is 0. The van der Waals surface area contributed by atoms with E-state index < -0.39 is 0 Å². The summed E-state index contributed by atoms with van der Waals surface area (Å²) in [5.41, 5.74) is 12.2. The summed E-state index contributed by atoms with van der Waals surface area (Å²) in [4.78, 5) is 0. The average molecular weight is 637 g/mol. The largest absolute Gasteiger partial charge is 0.456 e. The summed E-state index contributed by atoms with van der Waals surface area (Å²) >= 11 is 0. The highest BCUT2D eigenvalue weighted by molar-refractivity contribution is 6.20. The molecule has 10 aromatic rings. The van der Waals surface area contributed by atoms with Crippen LogP contribution in [0, 0.1) is 0 Å². The van der Waals surface area contributed by atoms with E-state index in [0.29, 0.717) is 0 Å². The lowest BCUT2D eigenvalue weighted by molar-refractivity contribution is 0.661. The van der Waals surface area contributed by atoms with Crippen LogP contribution in [0.4, 0.5) is 0 Å². The first kappa shape index (κ1) is 27.7. The van der Waals surface area contributed by atoms with E-state index in [1.165, 1.54) is 87.6 Å². The predicted octanol–water partition coefficient (Wildman–Crippen LogP) is 13.8. The summed E-state index contributed by atoms with van der Waals surface area (Å²) in [6.45, 7) is 4.79. The van der Waals surface area contributed by atoms with Crippen molar-refractivity contribution in [1.82, 2.24) is 0 Å². The van der Waals surface area contributed by atoms with Crippen LogP contribution >= 0.6 is 0 Å². The van der Waals surface area contributed by atoms with Gasteiger partial charge in [-0.05, 0) is 130 Å². The number of benzene rings is 9. The van der Waals surface area contributed by atoms with E-state index in [4.69, 9.17) is 4.42 Å². The molecule has 234 valence electrons. The second kappa shape index (κ2) is 9.94. The van der Waals surface area contributed by atoms with Crippen molar-refractivity contribution in [2.75, 3.05) is 0 Å². The van der Waals surface area contributed by atoms with Crippen molar-refractivity contribution in [3.63, 3.8) is 0 Å². The van der Waals surface area contributed by atoms with Gasteiger partial charge in [0.05, 0.1) is 0 Å². The minimum atomic E-state index is -0.146. The highest BCUT2D eigenvalue weighted by Gasteiger charge is 2.36. The Morgan fingerprint density at radius 1 is 0.360 bits per heavy atom. The second-order valence-electron chi connectivity index (χ2n) is 14.5. The van der Waals surface area contributed by atoms with Crippen molar-refractivity contribution in [2.24, 2.45) is 0 Å². The molecule has 0 unspecified atom stereocenters. The van der Waals surface area contributed by atoms with Crippen LogP contribution in [0.25, 0.3) is 98.4 Å². The first-order valence-electron chi connectivity index (χ1n) is 17.5. The van der Waals surface area contributed by atoms with E-state index in [0.717, 1.165) is 21.9 Å². The van der Waals surface area contributed by atoms with E-state index in [-0.39, 0.29) is 5.41 Å². The number of para-hydroxylation sites is 1. The molecule has 0 amide bonds. The molecule has 1 heterocycles. The molecule has 1 aliphatic carbocycles. The van der Waals surface area contributed by atoms with Gasteiger partial charge in [-0.25, -0.2) is 0 Å². The molecule has 0 bridgehead atoms. The molecule has 0 N–H and O–H groups in total. The van der Waals surface area contributed by atoms with Gasteiger partial charge in [0.15, 0.2) is 0 Å². The van der Waals surface area contributed by atoms with Crippen LogP contribution in [-0.2, 0) is 5.41 Å². The van der Waals surface area contributed by atoms with Crippen molar-refractivity contribution in [3.05, 3.63) is 169 Å². The van der Waals surface area contributed by atoms with Gasteiger partial charge < -0.3 is 4.42 Å². The molecule has 0 spiro atoms. The summed E-state index contributed by atoms with van der Waals surface area (Å²) in [6, 6.07) is 58.4. The van der Waals surface area contributed by atoms with Gasteiger partial charge in [-0.15, -0.1) is 0 Å². The maximum atomic E-state index is 6.16. The molecule has 1 aromatic heterocycles. The van der Waals surface area contributed by atoms with Crippen molar-refractivity contribution in [3.8, 4) is 33.4 Å². The smallest absolute Gasteiger partial charge is 0.135 e. The Morgan fingerprint density at radius 2 is 1.06 bits per heavy atom. The lowest BCUT2D eigenvalue weighted by atomic mass is 9.80. The van der Waals surface area contributed by atoms with Crippen LogP contribution in [0.3, 0.4) is 0 Å². The zero-order chi connectivity index (χ0) is 33.1. The van der Waals surface area contributed by atoms with Gasteiger partial charge in [0, 0.05) is 16.2 Å². The number of rotatable bonds is 2. The standard InChI is InChI=1S/C49H32O/c1-49(2)44-27-33(48-36-14-6-4-11-30(36)24-41-34-13-5-3-10-29(34)18-22-39(41)48)19-21-37(44)42-28-40-31(26-45(42)49)12-9-16-35(40)32-20-23-47-43(25-32)38-15-7-8-17-46(38)50-47/h3-28H,1-2H3. The predicted molar refractivity (Wildman–Crippen MR) is 212 cm³/mol. The quantitative estimate of drug-likeness (QED) is 0.136. The van der Waals surface area contributed by atoms with E-state index in [1.54, 1.807) is 0 Å². The highest BCUT2D eigenvalue weighted by atomic mass is 16.3. The summed E-state index contributed by atoms with van der Waals surface area (Å²) in [7, 11) is 0. The number of hydrogen-bond acceptors (Lipinski definition) is 1. The average Bonchev–Trinajstić information content (AvgIpc) is 3.63. The Morgan fingerprint density at radius 3 is 1.96 bits per heavy atom. The van der Waals surface area contributed by atoms with Gasteiger partial charge in [-0.3, -0.25) is 0 Å². The third-order valence-electron chi connectivity index (χ3n) is 11.4. The molecular formula is C49H32O. The fourth-order valence-electron chi connectivity index (χ4n) is 8.94. The minimum Gasteiger partial charge on any atom is -0.456 e. The van der Waals surface area contributed by atoms with Gasteiger partial charge >= 0.3 is 0 Å². The Labute approximate surface area is 290 Å². The normalized spacial score (nSPS) is 13.6. The van der Waals surface area contributed by atoms with Crippen molar-refractivity contribution < 1.29 is 4.42 Å². The third kappa shape index (κ3) is 3.78. The van der Waals surface area contributed by atoms with Crippen molar-refractivity contribution >= 4 is 65.0 Å². The molecule has 1 aliphatic rings. The lowest BCUT2D eigenvalue weighted by Crippen LogP contribution is -2.15. The molecular weight excluding hydrogens is 605 g/mol. The topological polar surface area (TPSA) is 13.1 Å². The van der Waals surface area contributed by atoms with Crippen LogP contribution in [0.15, 0.2) is 162 Å². The van der Waals surface area contributed by atoms with E-state index in [2.05, 4.69) is 159 Å². The van der Waals surface area contributed by atoms with Gasteiger partial charge in [0.2, 0.25) is 0 Å². The fraction of sp³-hybridized carbons (Fsp3) is 0.0612. The Balaban J connectivity index is 1.12. The molecule has 11 rings (SSSR count). The zero-order valence-electron chi connectivity index (χ0n) is 27.9. The Bertz CT molecular complexity index is 3060. The lowest BCUT2D eigenvalue weighted by Gasteiger charge is -2.23. The van der Waals surface area contributed by atoms with Gasteiger partial charge in [-0.2, -0.15) is 0 Å². The Kier molecular flexibility index (Phi) is 5.51. The molecule has 9 aromatic carbocycles. The fourth-order valence-corrected chi connectivity index (χ4v) is 8.94. The maximum Gasteiger partial charge on any atom is 0.135 e. The summed E-state index contributed by atoms with van der Waals surface area (Å²) in [5.74, 6) is 0. The molecule has 0 aliphatic heterocycles. The molecule has 0 radical (unpaired) electrons. The monoisotopic (exact) mass is 636 g/mol. The van der Waals surface area contributed by atoms with Crippen LogP contribution in [0.1, 0.15) is 25.0 Å². The van der Waals surface area contributed by atoms with E-state index in [9.17, 15) is 0 Å². The highest BCUT2D eigenvalue weighted by Crippen LogP contribution is 2.52. The molecule has 0 saturated heterocycles. The molecule has 0 atom stereocenters. The summed E-state index contributed by atoms with van der Waals surface area (Å²) in [5, 5.41) is 12.6. The van der Waals surface area contributed by atoms with E-state index >= 15 is 0 Å².